The number of fused-ring (bicyclic) bond motifs is 1. The summed E-state index contributed by atoms with van der Waals surface area (Å²) < 4.78 is 83.2. The van der Waals surface area contributed by atoms with Crippen molar-refractivity contribution in [3.05, 3.63) is 76.5 Å². The smallest absolute Gasteiger partial charge is 0.352 e. The molecule has 0 saturated carbocycles. The molecule has 0 radical (unpaired) electrons. The molecule has 44 heavy (non-hydrogen) atoms. The van der Waals surface area contributed by atoms with Crippen LogP contribution >= 0.6 is 0 Å². The number of aromatic nitrogens is 6. The Kier molecular flexibility index (Phi) is 7.61. The van der Waals surface area contributed by atoms with Gasteiger partial charge < -0.3 is 9.80 Å². The van der Waals surface area contributed by atoms with E-state index in [-0.39, 0.29) is 42.8 Å². The third kappa shape index (κ3) is 5.45. The summed E-state index contributed by atoms with van der Waals surface area (Å²) in [5.41, 5.74) is -4.65. The predicted octanol–water partition coefficient (Wildman–Crippen LogP) is 3.82. The van der Waals surface area contributed by atoms with Gasteiger partial charge in [0.2, 0.25) is 5.91 Å². The molecule has 1 aromatic carbocycles. The van der Waals surface area contributed by atoms with Crippen LogP contribution in [0.4, 0.5) is 32.2 Å². The number of hydrogen-bond donors (Lipinski definition) is 0. The van der Waals surface area contributed by atoms with Crippen molar-refractivity contribution in [1.29, 1.82) is 5.26 Å². The second-order valence-corrected chi connectivity index (χ2v) is 9.78. The fourth-order valence-corrected chi connectivity index (χ4v) is 5.03. The highest BCUT2D eigenvalue weighted by Crippen LogP contribution is 2.36. The number of anilines is 1. The monoisotopic (exact) mass is 617 g/mol. The van der Waals surface area contributed by atoms with Crippen LogP contribution in [0.1, 0.15) is 23.2 Å². The number of nitriles is 1. The van der Waals surface area contributed by atoms with Gasteiger partial charge in [-0.1, -0.05) is 18.7 Å². The number of alkyl halides is 6. The maximum atomic E-state index is 14.0. The third-order valence-corrected chi connectivity index (χ3v) is 7.02. The summed E-state index contributed by atoms with van der Waals surface area (Å²) >= 11 is 0. The van der Waals surface area contributed by atoms with Gasteiger partial charge in [-0.2, -0.15) is 51.5 Å². The Labute approximate surface area is 244 Å². The molecule has 0 spiro atoms. The molecule has 1 saturated heterocycles. The molecule has 0 N–H and O–H groups in total. The zero-order valence-electron chi connectivity index (χ0n) is 22.8. The Morgan fingerprint density at radius 2 is 1.89 bits per heavy atom. The predicted molar refractivity (Wildman–Crippen MR) is 143 cm³/mol. The molecule has 228 valence electrons. The number of carbonyl (C=O) groups excluding carboxylic acids is 1. The summed E-state index contributed by atoms with van der Waals surface area (Å²) in [6.07, 6.45) is -6.63. The highest BCUT2D eigenvalue weighted by Gasteiger charge is 2.37. The van der Waals surface area contributed by atoms with E-state index in [9.17, 15) is 41.2 Å². The third-order valence-electron chi connectivity index (χ3n) is 7.02. The van der Waals surface area contributed by atoms with Crippen LogP contribution in [0, 0.1) is 18.3 Å². The van der Waals surface area contributed by atoms with Crippen LogP contribution < -0.4 is 10.5 Å². The van der Waals surface area contributed by atoms with Gasteiger partial charge in [-0.25, -0.2) is 9.67 Å². The SMILES string of the molecule is C=CC(=O)N1CCN(c2nc(-n3ccc(C(F)(F)F)n3)nc3c(=O)n(-c4cccc(C)c4C(F)(F)F)ncc23)CC1CC#N. The average molecular weight is 618 g/mol. The van der Waals surface area contributed by atoms with E-state index >= 15 is 0 Å². The van der Waals surface area contributed by atoms with Crippen LogP contribution in [0.5, 0.6) is 0 Å². The molecular weight excluding hydrogens is 596 g/mol. The number of nitrogens with zero attached hydrogens (tertiary/aromatic N) is 9. The number of aryl methyl sites for hydroxylation is 1. The van der Waals surface area contributed by atoms with Crippen molar-refractivity contribution in [2.45, 2.75) is 31.7 Å². The molecule has 0 aliphatic carbocycles. The highest BCUT2D eigenvalue weighted by molar-refractivity contribution is 5.90. The van der Waals surface area contributed by atoms with Gasteiger partial charge in [0.15, 0.2) is 5.69 Å². The molecule has 4 heterocycles. The number of hydrogen-bond acceptors (Lipinski definition) is 8. The molecule has 1 unspecified atom stereocenters. The first-order valence-electron chi connectivity index (χ1n) is 12.9. The molecule has 1 aliphatic heterocycles. The van der Waals surface area contributed by atoms with Gasteiger partial charge in [0, 0.05) is 25.8 Å². The van der Waals surface area contributed by atoms with Gasteiger partial charge in [-0.3, -0.25) is 9.59 Å². The first-order valence-corrected chi connectivity index (χ1v) is 12.9. The van der Waals surface area contributed by atoms with Crippen LogP contribution in [0.3, 0.4) is 0 Å². The minimum Gasteiger partial charge on any atom is -0.352 e. The lowest BCUT2D eigenvalue weighted by molar-refractivity contribution is -0.141. The molecule has 1 atom stereocenters. The molecule has 1 amide bonds. The second kappa shape index (κ2) is 11.1. The molecular formula is C27H21F6N9O2. The minimum atomic E-state index is -4.85. The molecule has 17 heteroatoms. The fourth-order valence-electron chi connectivity index (χ4n) is 5.03. The average Bonchev–Trinajstić information content (AvgIpc) is 3.47. The molecule has 1 aliphatic rings. The van der Waals surface area contributed by atoms with E-state index < -0.39 is 58.3 Å². The zero-order chi connectivity index (χ0) is 32.0. The van der Waals surface area contributed by atoms with Crippen LogP contribution in [-0.2, 0) is 17.1 Å². The molecule has 3 aromatic heterocycles. The van der Waals surface area contributed by atoms with Crippen molar-refractivity contribution < 1.29 is 31.1 Å². The van der Waals surface area contributed by atoms with Gasteiger partial charge in [0.05, 0.1) is 41.4 Å². The van der Waals surface area contributed by atoms with Gasteiger partial charge >= 0.3 is 12.4 Å². The van der Waals surface area contributed by atoms with E-state index in [0.717, 1.165) is 24.5 Å². The van der Waals surface area contributed by atoms with Crippen molar-refractivity contribution in [3.63, 3.8) is 0 Å². The van der Waals surface area contributed by atoms with Crippen molar-refractivity contribution in [3.8, 4) is 17.7 Å². The van der Waals surface area contributed by atoms with Crippen molar-refractivity contribution in [2.24, 2.45) is 0 Å². The maximum Gasteiger partial charge on any atom is 0.435 e. The summed E-state index contributed by atoms with van der Waals surface area (Å²) in [4.78, 5) is 37.6. The van der Waals surface area contributed by atoms with Crippen molar-refractivity contribution in [2.75, 3.05) is 24.5 Å². The number of carbonyl (C=O) groups is 1. The fraction of sp³-hybridized carbons (Fsp3) is 0.296. The Hall–Kier alpha value is -5.27. The van der Waals surface area contributed by atoms with Gasteiger partial charge in [-0.15, -0.1) is 0 Å². The standard InChI is InChI=1S/C27H21F6N9O2/c1-3-20(43)40-12-11-39(14-16(40)7-9-34)23-17-13-35-42(18-6-4-5-15(2)21(18)27(31,32)33)24(44)22(17)36-25(37-23)41-10-8-19(38-41)26(28,29)30/h3-6,8,10,13,16H,1,7,11-12,14H2,2H3. The Morgan fingerprint density at radius 1 is 1.14 bits per heavy atom. The summed E-state index contributed by atoms with van der Waals surface area (Å²) in [5, 5.41) is 16.8. The van der Waals surface area contributed by atoms with Crippen LogP contribution in [0.25, 0.3) is 22.5 Å². The number of amides is 1. The Balaban J connectivity index is 1.73. The lowest BCUT2D eigenvalue weighted by Gasteiger charge is -2.41. The number of halogens is 6. The van der Waals surface area contributed by atoms with E-state index in [1.165, 1.54) is 24.0 Å². The van der Waals surface area contributed by atoms with E-state index in [1.807, 2.05) is 6.07 Å². The van der Waals surface area contributed by atoms with Crippen LogP contribution in [-0.4, -0.2) is 66.0 Å². The van der Waals surface area contributed by atoms with E-state index in [2.05, 4.69) is 26.7 Å². The van der Waals surface area contributed by atoms with Gasteiger partial charge in [-0.05, 0) is 30.7 Å². The molecule has 1 fully saturated rings. The highest BCUT2D eigenvalue weighted by atomic mass is 19.4. The topological polar surface area (TPSA) is 126 Å². The minimum absolute atomic E-state index is 0.000243. The molecule has 11 nitrogen and oxygen atoms in total. The summed E-state index contributed by atoms with van der Waals surface area (Å²) in [7, 11) is 0. The summed E-state index contributed by atoms with van der Waals surface area (Å²) in [5.74, 6) is -0.892. The first kappa shape index (κ1) is 30.2. The molecule has 4 aromatic rings. The van der Waals surface area contributed by atoms with Crippen LogP contribution in [0.2, 0.25) is 0 Å². The summed E-state index contributed by atoms with van der Waals surface area (Å²) in [6, 6.07) is 5.62. The summed E-state index contributed by atoms with van der Waals surface area (Å²) in [6.45, 7) is 4.92. The van der Waals surface area contributed by atoms with Crippen molar-refractivity contribution in [1.82, 2.24) is 34.4 Å². The van der Waals surface area contributed by atoms with Crippen LogP contribution in [0.15, 0.2) is 54.1 Å². The van der Waals surface area contributed by atoms with E-state index in [1.54, 1.807) is 4.90 Å². The van der Waals surface area contributed by atoms with E-state index in [0.29, 0.717) is 15.4 Å². The number of piperazine rings is 1. The number of benzene rings is 1. The Bertz CT molecular complexity index is 1870. The maximum absolute atomic E-state index is 14.0. The van der Waals surface area contributed by atoms with Crippen molar-refractivity contribution >= 4 is 22.6 Å². The first-order chi connectivity index (χ1) is 20.7. The van der Waals surface area contributed by atoms with Gasteiger partial charge in [0.1, 0.15) is 11.3 Å². The number of rotatable bonds is 5. The Morgan fingerprint density at radius 3 is 2.52 bits per heavy atom. The van der Waals surface area contributed by atoms with E-state index in [4.69, 9.17) is 0 Å². The molecule has 0 bridgehead atoms. The quantitative estimate of drug-likeness (QED) is 0.245. The lowest BCUT2D eigenvalue weighted by Crippen LogP contribution is -2.55. The zero-order valence-corrected chi connectivity index (χ0v) is 22.8. The second-order valence-electron chi connectivity index (χ2n) is 9.78. The normalized spacial score (nSPS) is 15.8. The van der Waals surface area contributed by atoms with Gasteiger partial charge in [0.25, 0.3) is 11.5 Å². The largest absolute Gasteiger partial charge is 0.435 e. The lowest BCUT2D eigenvalue weighted by atomic mass is 10.1. The molecule has 5 rings (SSSR count).